The Balaban J connectivity index is 1.33. The number of para-hydroxylation sites is 1. The van der Waals surface area contributed by atoms with E-state index in [0.717, 1.165) is 0 Å². The smallest absolute Gasteiger partial charge is 0.284 e. The van der Waals surface area contributed by atoms with Crippen molar-refractivity contribution in [2.75, 3.05) is 17.3 Å². The molecular formula is C27H28FN7O4. The standard InChI is InChI=1S/C27H28FN7O4/c1-15(36)12-33-13-19(22-24(29)31-32-25(22)33)18-8-7-16(11-20(18)28)30-26(37)23-21-14-39-10-9-34(21)35(27(23)38)17-5-3-2-4-6-17/h2-8,11,13,15,24,31-32,36H,9-10,12,14,29H2,1H3,(H,30,37)/t15-,24?/m0/s1. The first kappa shape index (κ1) is 25.1. The summed E-state index contributed by atoms with van der Waals surface area (Å²) in [5.41, 5.74) is 14.4. The van der Waals surface area contributed by atoms with Crippen molar-refractivity contribution in [2.24, 2.45) is 5.73 Å². The molecule has 1 amide bonds. The van der Waals surface area contributed by atoms with Gasteiger partial charge < -0.3 is 30.9 Å². The molecule has 2 atom stereocenters. The van der Waals surface area contributed by atoms with E-state index in [9.17, 15) is 14.7 Å². The van der Waals surface area contributed by atoms with Crippen LogP contribution in [0, 0.1) is 5.82 Å². The second-order valence-corrected chi connectivity index (χ2v) is 9.65. The fraction of sp³-hybridized carbons (Fsp3) is 0.259. The highest BCUT2D eigenvalue weighted by molar-refractivity contribution is 6.05. The molecule has 39 heavy (non-hydrogen) atoms. The fourth-order valence-electron chi connectivity index (χ4n) is 5.24. The number of nitrogens with two attached hydrogens (primary N) is 1. The van der Waals surface area contributed by atoms with E-state index in [-0.39, 0.29) is 23.4 Å². The predicted molar refractivity (Wildman–Crippen MR) is 143 cm³/mol. The third-order valence-electron chi connectivity index (χ3n) is 6.91. The van der Waals surface area contributed by atoms with Crippen molar-refractivity contribution in [3.05, 3.63) is 87.7 Å². The molecule has 202 valence electrons. The van der Waals surface area contributed by atoms with Crippen LogP contribution >= 0.6 is 0 Å². The van der Waals surface area contributed by atoms with E-state index in [1.165, 1.54) is 10.7 Å². The minimum absolute atomic E-state index is 0.0424. The lowest BCUT2D eigenvalue weighted by molar-refractivity contribution is 0.0756. The number of rotatable bonds is 6. The van der Waals surface area contributed by atoms with Crippen LogP contribution in [-0.2, 0) is 24.4 Å². The largest absolute Gasteiger partial charge is 0.392 e. The number of carbonyl (C=O) groups is 1. The number of aliphatic hydroxyl groups excluding tert-OH is 1. The van der Waals surface area contributed by atoms with E-state index >= 15 is 4.39 Å². The van der Waals surface area contributed by atoms with Crippen LogP contribution in [0.15, 0.2) is 59.5 Å². The van der Waals surface area contributed by atoms with E-state index in [1.54, 1.807) is 46.6 Å². The molecule has 6 N–H and O–H groups in total. The Morgan fingerprint density at radius 1 is 1.26 bits per heavy atom. The zero-order chi connectivity index (χ0) is 27.3. The maximum Gasteiger partial charge on any atom is 0.284 e. The number of ether oxygens (including phenoxy) is 1. The average Bonchev–Trinajstić information content (AvgIpc) is 3.55. The lowest BCUT2D eigenvalue weighted by Gasteiger charge is -2.19. The Morgan fingerprint density at radius 2 is 2.05 bits per heavy atom. The summed E-state index contributed by atoms with van der Waals surface area (Å²) in [7, 11) is 0. The van der Waals surface area contributed by atoms with Gasteiger partial charge in [0.25, 0.3) is 11.5 Å². The van der Waals surface area contributed by atoms with Gasteiger partial charge in [-0.3, -0.25) is 14.3 Å². The van der Waals surface area contributed by atoms with Gasteiger partial charge in [-0.05, 0) is 37.3 Å². The maximum atomic E-state index is 15.5. The third kappa shape index (κ3) is 4.33. The Bertz CT molecular complexity index is 1620. The molecule has 1 unspecified atom stereocenters. The number of hydrogen-bond donors (Lipinski definition) is 5. The number of carbonyl (C=O) groups excluding carboxylic acids is 1. The highest BCUT2D eigenvalue weighted by Gasteiger charge is 2.30. The number of aliphatic hydroxyl groups is 1. The molecule has 2 aromatic carbocycles. The minimum Gasteiger partial charge on any atom is -0.392 e. The summed E-state index contributed by atoms with van der Waals surface area (Å²) >= 11 is 0. The van der Waals surface area contributed by atoms with Crippen LogP contribution < -0.4 is 27.5 Å². The molecule has 2 aliphatic heterocycles. The van der Waals surface area contributed by atoms with Gasteiger partial charge in [0.1, 0.15) is 23.4 Å². The van der Waals surface area contributed by atoms with Gasteiger partial charge in [-0.25, -0.2) is 14.5 Å². The van der Waals surface area contributed by atoms with Crippen molar-refractivity contribution >= 4 is 17.4 Å². The number of hydrogen-bond acceptors (Lipinski definition) is 7. The van der Waals surface area contributed by atoms with Crippen LogP contribution in [0.3, 0.4) is 0 Å². The Hall–Kier alpha value is -4.23. The second kappa shape index (κ2) is 9.82. The summed E-state index contributed by atoms with van der Waals surface area (Å²) in [5, 5.41) is 12.5. The number of nitrogens with one attached hydrogen (secondary N) is 3. The van der Waals surface area contributed by atoms with Crippen molar-refractivity contribution in [2.45, 2.75) is 38.9 Å². The normalized spacial score (nSPS) is 16.9. The van der Waals surface area contributed by atoms with Crippen molar-refractivity contribution in [3.8, 4) is 16.8 Å². The number of amides is 1. The first-order valence-electron chi connectivity index (χ1n) is 12.6. The van der Waals surface area contributed by atoms with Crippen molar-refractivity contribution in [3.63, 3.8) is 0 Å². The molecule has 0 saturated carbocycles. The van der Waals surface area contributed by atoms with Gasteiger partial charge >= 0.3 is 0 Å². The Morgan fingerprint density at radius 3 is 2.79 bits per heavy atom. The summed E-state index contributed by atoms with van der Waals surface area (Å²) in [6.45, 7) is 2.91. The lowest BCUT2D eigenvalue weighted by Crippen LogP contribution is -2.27. The molecule has 0 aliphatic carbocycles. The SMILES string of the molecule is C[C@H](O)Cn1cc(-c2ccc(NC(=O)c3c4n(n(-c5ccccc5)c3=O)CCOC4)cc2F)c2c1NNC2N. The van der Waals surface area contributed by atoms with Gasteiger partial charge in [-0.1, -0.05) is 18.2 Å². The topological polar surface area (TPSA) is 140 Å². The molecular weight excluding hydrogens is 505 g/mol. The predicted octanol–water partition coefficient (Wildman–Crippen LogP) is 2.30. The molecule has 0 saturated heterocycles. The van der Waals surface area contributed by atoms with Crippen molar-refractivity contribution in [1.29, 1.82) is 0 Å². The molecule has 0 fully saturated rings. The molecule has 12 heteroatoms. The lowest BCUT2D eigenvalue weighted by atomic mass is 10.0. The van der Waals surface area contributed by atoms with E-state index in [1.807, 2.05) is 18.2 Å². The zero-order valence-corrected chi connectivity index (χ0v) is 21.1. The third-order valence-corrected chi connectivity index (χ3v) is 6.91. The van der Waals surface area contributed by atoms with E-state index in [4.69, 9.17) is 10.5 Å². The minimum atomic E-state index is -0.643. The first-order valence-corrected chi connectivity index (χ1v) is 12.6. The van der Waals surface area contributed by atoms with Gasteiger partial charge in [0.05, 0.1) is 37.2 Å². The number of benzene rings is 2. The molecule has 2 aliphatic rings. The van der Waals surface area contributed by atoms with Crippen LogP contribution in [0.2, 0.25) is 0 Å². The fourth-order valence-corrected chi connectivity index (χ4v) is 5.24. The Labute approximate surface area is 222 Å². The average molecular weight is 534 g/mol. The van der Waals surface area contributed by atoms with Crippen LogP contribution in [0.1, 0.15) is 34.7 Å². The van der Waals surface area contributed by atoms with Crippen LogP contribution in [-0.4, -0.2) is 37.7 Å². The quantitative estimate of drug-likeness (QED) is 0.256. The summed E-state index contributed by atoms with van der Waals surface area (Å²) in [5.74, 6) is -0.561. The molecule has 0 spiro atoms. The first-order chi connectivity index (χ1) is 18.8. The summed E-state index contributed by atoms with van der Waals surface area (Å²) in [4.78, 5) is 26.8. The van der Waals surface area contributed by atoms with Crippen molar-refractivity contribution in [1.82, 2.24) is 19.4 Å². The zero-order valence-electron chi connectivity index (χ0n) is 21.1. The molecule has 2 aromatic heterocycles. The number of aromatic nitrogens is 3. The second-order valence-electron chi connectivity index (χ2n) is 9.65. The van der Waals surface area contributed by atoms with Crippen LogP contribution in [0.4, 0.5) is 15.9 Å². The molecule has 11 nitrogen and oxygen atoms in total. The number of anilines is 2. The van der Waals surface area contributed by atoms with Gasteiger partial charge in [-0.15, -0.1) is 0 Å². The van der Waals surface area contributed by atoms with Gasteiger partial charge in [0.2, 0.25) is 0 Å². The molecule has 4 heterocycles. The highest BCUT2D eigenvalue weighted by atomic mass is 19.1. The van der Waals surface area contributed by atoms with Gasteiger partial charge in [0, 0.05) is 35.1 Å². The molecule has 0 bridgehead atoms. The molecule has 4 aromatic rings. The number of halogens is 1. The molecule has 6 rings (SSSR count). The Kier molecular flexibility index (Phi) is 6.31. The highest BCUT2D eigenvalue weighted by Crippen LogP contribution is 2.39. The summed E-state index contributed by atoms with van der Waals surface area (Å²) in [6.07, 6.45) is 0.549. The molecule has 0 radical (unpaired) electrons. The van der Waals surface area contributed by atoms with Crippen LogP contribution in [0.25, 0.3) is 16.8 Å². The van der Waals surface area contributed by atoms with Crippen molar-refractivity contribution < 1.29 is 19.0 Å². The summed E-state index contributed by atoms with van der Waals surface area (Å²) in [6, 6.07) is 13.4. The summed E-state index contributed by atoms with van der Waals surface area (Å²) < 4.78 is 26.0. The van der Waals surface area contributed by atoms with Gasteiger partial charge in [-0.2, -0.15) is 0 Å². The van der Waals surface area contributed by atoms with E-state index in [2.05, 4.69) is 16.2 Å². The van der Waals surface area contributed by atoms with E-state index in [0.29, 0.717) is 48.0 Å². The van der Waals surface area contributed by atoms with E-state index < -0.39 is 29.6 Å². The maximum absolute atomic E-state index is 15.5. The number of fused-ring (bicyclic) bond motifs is 2. The monoisotopic (exact) mass is 533 g/mol. The number of nitrogens with zero attached hydrogens (tertiary/aromatic N) is 3. The van der Waals surface area contributed by atoms with Crippen LogP contribution in [0.5, 0.6) is 0 Å². The number of hydrazine groups is 1. The van der Waals surface area contributed by atoms with Gasteiger partial charge in [0.15, 0.2) is 0 Å².